The Morgan fingerprint density at radius 1 is 1.17 bits per heavy atom. The van der Waals surface area contributed by atoms with Gasteiger partial charge in [0.25, 0.3) is 0 Å². The molecule has 2 rings (SSSR count). The van der Waals surface area contributed by atoms with Gasteiger partial charge in [0, 0.05) is 10.2 Å². The molecule has 2 aromatic rings. The number of hydrogen-bond donors (Lipinski definition) is 2. The van der Waals surface area contributed by atoms with Crippen LogP contribution in [0.3, 0.4) is 0 Å². The Morgan fingerprint density at radius 3 is 2.48 bits per heavy atom. The van der Waals surface area contributed by atoms with Crippen molar-refractivity contribution in [1.29, 1.82) is 0 Å². The van der Waals surface area contributed by atoms with Crippen molar-refractivity contribution < 1.29 is 9.53 Å². The summed E-state index contributed by atoms with van der Waals surface area (Å²) in [5, 5.41) is 6.67. The number of thiocarbonyl (C=S) groups is 1. The summed E-state index contributed by atoms with van der Waals surface area (Å²) < 4.78 is 5.89. The van der Waals surface area contributed by atoms with Gasteiger partial charge in [-0.25, -0.2) is 4.79 Å². The zero-order chi connectivity index (χ0) is 16.8. The number of benzene rings is 2. The van der Waals surface area contributed by atoms with Crippen LogP contribution in [0.2, 0.25) is 0 Å². The van der Waals surface area contributed by atoms with E-state index in [2.05, 4.69) is 26.6 Å². The number of carbonyl (C=O) groups is 1. The fourth-order valence-electron chi connectivity index (χ4n) is 1.91. The van der Waals surface area contributed by atoms with Gasteiger partial charge in [0.05, 0.1) is 17.9 Å². The maximum atomic E-state index is 11.6. The molecule has 0 spiro atoms. The quantitative estimate of drug-likeness (QED) is 0.580. The SMILES string of the molecule is CCOC(=O)c1ccc(NC(=S)Nc2ccc(C)cc2Br)cc1. The van der Waals surface area contributed by atoms with Crippen LogP contribution in [0, 0.1) is 6.92 Å². The highest BCUT2D eigenvalue weighted by Gasteiger charge is 2.07. The zero-order valence-corrected chi connectivity index (χ0v) is 15.3. The summed E-state index contributed by atoms with van der Waals surface area (Å²) in [6, 6.07) is 12.9. The van der Waals surface area contributed by atoms with E-state index in [1.807, 2.05) is 25.1 Å². The van der Waals surface area contributed by atoms with Gasteiger partial charge in [-0.1, -0.05) is 6.07 Å². The van der Waals surface area contributed by atoms with E-state index >= 15 is 0 Å². The number of rotatable bonds is 4. The first-order valence-corrected chi connectivity index (χ1v) is 8.31. The standard InChI is InChI=1S/C17H17BrN2O2S/c1-3-22-16(21)12-5-7-13(8-6-12)19-17(23)20-15-9-4-11(2)10-14(15)18/h4-10H,3H2,1-2H3,(H2,19,20,23). The molecule has 0 bridgehead atoms. The first-order valence-electron chi connectivity index (χ1n) is 7.11. The number of hydrogen-bond acceptors (Lipinski definition) is 3. The van der Waals surface area contributed by atoms with Crippen LogP contribution >= 0.6 is 28.1 Å². The molecular formula is C17H17BrN2O2S. The average Bonchev–Trinajstić information content (AvgIpc) is 2.51. The summed E-state index contributed by atoms with van der Waals surface area (Å²) in [4.78, 5) is 11.6. The van der Waals surface area contributed by atoms with Crippen molar-refractivity contribution in [2.45, 2.75) is 13.8 Å². The molecule has 6 heteroatoms. The van der Waals surface area contributed by atoms with Crippen molar-refractivity contribution in [2.24, 2.45) is 0 Å². The predicted molar refractivity (Wildman–Crippen MR) is 101 cm³/mol. The van der Waals surface area contributed by atoms with Gasteiger partial charge in [-0.2, -0.15) is 0 Å². The number of carbonyl (C=O) groups excluding carboxylic acids is 1. The minimum absolute atomic E-state index is 0.330. The first kappa shape index (κ1) is 17.4. The number of anilines is 2. The third kappa shape index (κ3) is 5.04. The summed E-state index contributed by atoms with van der Waals surface area (Å²) in [7, 11) is 0. The molecule has 0 aromatic heterocycles. The third-order valence-electron chi connectivity index (χ3n) is 3.03. The molecule has 0 aliphatic rings. The van der Waals surface area contributed by atoms with Crippen LogP contribution in [0.4, 0.5) is 11.4 Å². The number of halogens is 1. The molecule has 0 fully saturated rings. The highest BCUT2D eigenvalue weighted by atomic mass is 79.9. The highest BCUT2D eigenvalue weighted by Crippen LogP contribution is 2.23. The minimum atomic E-state index is -0.330. The molecule has 4 nitrogen and oxygen atoms in total. The highest BCUT2D eigenvalue weighted by molar-refractivity contribution is 9.10. The summed E-state index contributed by atoms with van der Waals surface area (Å²) in [6.45, 7) is 4.16. The van der Waals surface area contributed by atoms with Crippen molar-refractivity contribution in [3.8, 4) is 0 Å². The van der Waals surface area contributed by atoms with Crippen molar-refractivity contribution in [1.82, 2.24) is 0 Å². The van der Waals surface area contributed by atoms with Crippen LogP contribution in [0.5, 0.6) is 0 Å². The molecule has 0 aliphatic carbocycles. The fourth-order valence-corrected chi connectivity index (χ4v) is 2.73. The molecule has 0 unspecified atom stereocenters. The van der Waals surface area contributed by atoms with Gasteiger partial charge in [-0.05, 0) is 84.0 Å². The molecule has 0 aliphatic heterocycles. The lowest BCUT2D eigenvalue weighted by molar-refractivity contribution is 0.0526. The summed E-state index contributed by atoms with van der Waals surface area (Å²) in [5.41, 5.74) is 3.35. The molecule has 0 amide bonds. The smallest absolute Gasteiger partial charge is 0.338 e. The lowest BCUT2D eigenvalue weighted by Crippen LogP contribution is -2.19. The number of ether oxygens (including phenoxy) is 1. The van der Waals surface area contributed by atoms with Crippen LogP contribution < -0.4 is 10.6 Å². The van der Waals surface area contributed by atoms with Crippen LogP contribution in [0.25, 0.3) is 0 Å². The van der Waals surface area contributed by atoms with Crippen LogP contribution in [-0.2, 0) is 4.74 Å². The number of nitrogens with one attached hydrogen (secondary N) is 2. The van der Waals surface area contributed by atoms with E-state index in [1.165, 1.54) is 0 Å². The monoisotopic (exact) mass is 392 g/mol. The molecule has 0 atom stereocenters. The molecule has 0 radical (unpaired) electrons. The molecule has 0 saturated carbocycles. The predicted octanol–water partition coefficient (Wildman–Crippen LogP) is 4.74. The van der Waals surface area contributed by atoms with Crippen LogP contribution in [0.15, 0.2) is 46.9 Å². The van der Waals surface area contributed by atoms with Gasteiger partial charge in [0.1, 0.15) is 0 Å². The third-order valence-corrected chi connectivity index (χ3v) is 3.89. The van der Waals surface area contributed by atoms with E-state index in [0.717, 1.165) is 21.4 Å². The maximum absolute atomic E-state index is 11.6. The lowest BCUT2D eigenvalue weighted by atomic mass is 10.2. The zero-order valence-electron chi connectivity index (χ0n) is 12.9. The molecule has 2 N–H and O–H groups in total. The Balaban J connectivity index is 1.98. The van der Waals surface area contributed by atoms with Crippen molar-refractivity contribution in [2.75, 3.05) is 17.2 Å². The molecule has 0 heterocycles. The lowest BCUT2D eigenvalue weighted by Gasteiger charge is -2.12. The Morgan fingerprint density at radius 2 is 1.87 bits per heavy atom. The second-order valence-corrected chi connectivity index (χ2v) is 6.12. The minimum Gasteiger partial charge on any atom is -0.462 e. The van der Waals surface area contributed by atoms with E-state index in [0.29, 0.717) is 17.3 Å². The van der Waals surface area contributed by atoms with Gasteiger partial charge in [0.2, 0.25) is 0 Å². The van der Waals surface area contributed by atoms with Gasteiger partial charge in [-0.3, -0.25) is 0 Å². The normalized spacial score (nSPS) is 10.0. The fraction of sp³-hybridized carbons (Fsp3) is 0.176. The molecule has 0 saturated heterocycles. The van der Waals surface area contributed by atoms with Gasteiger partial charge < -0.3 is 15.4 Å². The van der Waals surface area contributed by atoms with Crippen molar-refractivity contribution >= 4 is 50.6 Å². The van der Waals surface area contributed by atoms with Crippen molar-refractivity contribution in [3.63, 3.8) is 0 Å². The average molecular weight is 393 g/mol. The summed E-state index contributed by atoms with van der Waals surface area (Å²) in [5.74, 6) is -0.330. The van der Waals surface area contributed by atoms with E-state index in [1.54, 1.807) is 31.2 Å². The van der Waals surface area contributed by atoms with E-state index in [4.69, 9.17) is 17.0 Å². The van der Waals surface area contributed by atoms with Crippen LogP contribution in [-0.4, -0.2) is 17.7 Å². The van der Waals surface area contributed by atoms with Gasteiger partial charge in [-0.15, -0.1) is 0 Å². The number of esters is 1. The summed E-state index contributed by atoms with van der Waals surface area (Å²) >= 11 is 8.80. The second kappa shape index (κ2) is 8.08. The topological polar surface area (TPSA) is 50.4 Å². The first-order chi connectivity index (χ1) is 11.0. The van der Waals surface area contributed by atoms with Crippen molar-refractivity contribution in [3.05, 3.63) is 58.1 Å². The molecule has 2 aromatic carbocycles. The Hall–Kier alpha value is -1.92. The maximum Gasteiger partial charge on any atom is 0.338 e. The Bertz CT molecular complexity index is 717. The Kier molecular flexibility index (Phi) is 6.12. The largest absolute Gasteiger partial charge is 0.462 e. The van der Waals surface area contributed by atoms with Gasteiger partial charge in [0.15, 0.2) is 5.11 Å². The molecule has 23 heavy (non-hydrogen) atoms. The van der Waals surface area contributed by atoms with E-state index in [-0.39, 0.29) is 5.97 Å². The van der Waals surface area contributed by atoms with Crippen LogP contribution in [0.1, 0.15) is 22.8 Å². The van der Waals surface area contributed by atoms with Gasteiger partial charge >= 0.3 is 5.97 Å². The summed E-state index contributed by atoms with van der Waals surface area (Å²) in [6.07, 6.45) is 0. The molecule has 120 valence electrons. The van der Waals surface area contributed by atoms with E-state index in [9.17, 15) is 4.79 Å². The number of aryl methyl sites for hydroxylation is 1. The molecular weight excluding hydrogens is 376 g/mol. The second-order valence-electron chi connectivity index (χ2n) is 4.86. The Labute approximate surface area is 149 Å². The van der Waals surface area contributed by atoms with E-state index < -0.39 is 0 Å².